The average molecular weight is 352 g/mol. The summed E-state index contributed by atoms with van der Waals surface area (Å²) >= 11 is 0. The first kappa shape index (κ1) is 19.4. The first-order chi connectivity index (χ1) is 10.4. The molecule has 11 heteroatoms. The quantitative estimate of drug-likeness (QED) is 0.543. The second-order valence-electron chi connectivity index (χ2n) is 4.93. The summed E-state index contributed by atoms with van der Waals surface area (Å²) in [5.74, 6) is -15.5. The van der Waals surface area contributed by atoms with E-state index in [1.54, 1.807) is 0 Å². The Labute approximate surface area is 127 Å². The van der Waals surface area contributed by atoms with E-state index in [1.807, 2.05) is 6.92 Å². The Morgan fingerprint density at radius 2 is 1.70 bits per heavy atom. The van der Waals surface area contributed by atoms with Crippen LogP contribution in [-0.2, 0) is 9.53 Å². The largest absolute Gasteiger partial charge is 0.460 e. The van der Waals surface area contributed by atoms with Crippen LogP contribution >= 0.6 is 0 Å². The molecule has 0 amide bonds. The molecular formula is C12H15F7N2O2. The minimum Gasteiger partial charge on any atom is -0.418 e. The minimum atomic E-state index is -6.59. The smallest absolute Gasteiger partial charge is 0.418 e. The molecule has 1 aliphatic heterocycles. The molecule has 0 fully saturated rings. The monoisotopic (exact) mass is 352 g/mol. The summed E-state index contributed by atoms with van der Waals surface area (Å²) in [7, 11) is 1.29. The van der Waals surface area contributed by atoms with Gasteiger partial charge in [-0.15, -0.1) is 0 Å². The maximum Gasteiger partial charge on any atom is 0.460 e. The fourth-order valence-electron chi connectivity index (χ4n) is 1.72. The Morgan fingerprint density at radius 3 is 2.17 bits per heavy atom. The summed E-state index contributed by atoms with van der Waals surface area (Å²) in [6, 6.07) is 0. The molecule has 0 radical (unpaired) electrons. The van der Waals surface area contributed by atoms with Crippen LogP contribution in [0.25, 0.3) is 0 Å². The van der Waals surface area contributed by atoms with Crippen LogP contribution in [0.1, 0.15) is 19.8 Å². The standard InChI is InChI=1S/C12H15F7N2O2/c1-3-4-5-21-7-6-20(2)9(21)23-8(22)10(13,14)11(15,16)12(17,18)19/h6-7,9H,3-5H2,1-2H3. The van der Waals surface area contributed by atoms with Gasteiger partial charge < -0.3 is 14.5 Å². The maximum atomic E-state index is 13.2. The number of hydrogen-bond donors (Lipinski definition) is 0. The van der Waals surface area contributed by atoms with Gasteiger partial charge >= 0.3 is 24.0 Å². The molecule has 0 aromatic rings. The SMILES string of the molecule is CCCCN1C=CN(C)C1OC(=O)C(F)(F)C(F)(F)C(F)(F)F. The zero-order chi connectivity index (χ0) is 18.1. The van der Waals surface area contributed by atoms with Crippen molar-refractivity contribution in [1.29, 1.82) is 0 Å². The van der Waals surface area contributed by atoms with Gasteiger partial charge in [0.25, 0.3) is 6.35 Å². The molecule has 0 saturated heterocycles. The van der Waals surface area contributed by atoms with Crippen LogP contribution < -0.4 is 0 Å². The van der Waals surface area contributed by atoms with E-state index in [0.29, 0.717) is 12.8 Å². The maximum absolute atomic E-state index is 13.2. The van der Waals surface area contributed by atoms with Crippen molar-refractivity contribution in [3.63, 3.8) is 0 Å². The highest BCUT2D eigenvalue weighted by Gasteiger charge is 2.77. The molecule has 0 aromatic heterocycles. The molecule has 1 aliphatic rings. The lowest BCUT2D eigenvalue weighted by Crippen LogP contribution is -2.58. The number of carbonyl (C=O) groups excluding carboxylic acids is 1. The summed E-state index contributed by atoms with van der Waals surface area (Å²) in [5.41, 5.74) is 0. The van der Waals surface area contributed by atoms with Crippen LogP contribution in [-0.4, -0.2) is 53.7 Å². The van der Waals surface area contributed by atoms with Crippen LogP contribution in [0.5, 0.6) is 0 Å². The zero-order valence-corrected chi connectivity index (χ0v) is 12.2. The third kappa shape index (κ3) is 3.63. The molecule has 23 heavy (non-hydrogen) atoms. The topological polar surface area (TPSA) is 32.8 Å². The van der Waals surface area contributed by atoms with E-state index in [9.17, 15) is 35.5 Å². The molecule has 0 N–H and O–H groups in total. The molecular weight excluding hydrogens is 337 g/mol. The number of halogens is 7. The van der Waals surface area contributed by atoms with Crippen molar-refractivity contribution in [3.05, 3.63) is 12.4 Å². The van der Waals surface area contributed by atoms with Gasteiger partial charge in [-0.25, -0.2) is 4.79 Å². The van der Waals surface area contributed by atoms with Crippen LogP contribution in [0, 0.1) is 0 Å². The lowest BCUT2D eigenvalue weighted by atomic mass is 10.1. The van der Waals surface area contributed by atoms with E-state index in [0.717, 1.165) is 4.90 Å². The molecule has 1 heterocycles. The lowest BCUT2D eigenvalue weighted by Gasteiger charge is -2.32. The number of esters is 1. The fraction of sp³-hybridized carbons (Fsp3) is 0.750. The Hall–Kier alpha value is -1.68. The molecule has 4 nitrogen and oxygen atoms in total. The van der Waals surface area contributed by atoms with Gasteiger partial charge in [-0.2, -0.15) is 30.7 Å². The molecule has 134 valence electrons. The molecule has 0 bridgehead atoms. The second-order valence-corrected chi connectivity index (χ2v) is 4.93. The van der Waals surface area contributed by atoms with Crippen LogP contribution in [0.15, 0.2) is 12.4 Å². The summed E-state index contributed by atoms with van der Waals surface area (Å²) in [4.78, 5) is 13.6. The van der Waals surface area contributed by atoms with Crippen LogP contribution in [0.3, 0.4) is 0 Å². The Bertz CT molecular complexity index is 465. The number of alkyl halides is 7. The lowest BCUT2D eigenvalue weighted by molar-refractivity contribution is -0.350. The number of nitrogens with zero attached hydrogens (tertiary/aromatic N) is 2. The van der Waals surface area contributed by atoms with Crippen molar-refractivity contribution in [2.24, 2.45) is 0 Å². The third-order valence-electron chi connectivity index (χ3n) is 3.11. The predicted molar refractivity (Wildman–Crippen MR) is 64.3 cm³/mol. The Kier molecular flexibility index (Phi) is 5.42. The van der Waals surface area contributed by atoms with Crippen molar-refractivity contribution in [2.75, 3.05) is 13.6 Å². The van der Waals surface area contributed by atoms with Gasteiger partial charge in [0.15, 0.2) is 0 Å². The van der Waals surface area contributed by atoms with Gasteiger partial charge in [-0.1, -0.05) is 13.3 Å². The zero-order valence-electron chi connectivity index (χ0n) is 12.2. The van der Waals surface area contributed by atoms with Gasteiger partial charge in [-0.3, -0.25) is 0 Å². The van der Waals surface area contributed by atoms with Crippen molar-refractivity contribution < 1.29 is 40.3 Å². The van der Waals surface area contributed by atoms with Crippen LogP contribution in [0.2, 0.25) is 0 Å². The van der Waals surface area contributed by atoms with E-state index in [-0.39, 0.29) is 6.54 Å². The molecule has 1 rings (SSSR count). The normalized spacial score (nSPS) is 19.4. The first-order valence-corrected chi connectivity index (χ1v) is 6.55. The van der Waals surface area contributed by atoms with Crippen molar-refractivity contribution >= 4 is 5.97 Å². The number of ether oxygens (including phenoxy) is 1. The minimum absolute atomic E-state index is 0.247. The van der Waals surface area contributed by atoms with Gasteiger partial charge in [-0.05, 0) is 6.42 Å². The predicted octanol–water partition coefficient (Wildman–Crippen LogP) is 3.16. The Morgan fingerprint density at radius 1 is 1.13 bits per heavy atom. The molecule has 0 saturated carbocycles. The fourth-order valence-corrected chi connectivity index (χ4v) is 1.72. The van der Waals surface area contributed by atoms with Crippen LogP contribution in [0.4, 0.5) is 30.7 Å². The highest BCUT2D eigenvalue weighted by Crippen LogP contribution is 2.47. The van der Waals surface area contributed by atoms with Crippen molar-refractivity contribution in [1.82, 2.24) is 9.80 Å². The molecule has 0 aromatic carbocycles. The van der Waals surface area contributed by atoms with E-state index in [4.69, 9.17) is 0 Å². The van der Waals surface area contributed by atoms with Gasteiger partial charge in [0, 0.05) is 26.0 Å². The van der Waals surface area contributed by atoms with E-state index in [1.165, 1.54) is 24.3 Å². The molecule has 0 spiro atoms. The van der Waals surface area contributed by atoms with Gasteiger partial charge in [0.05, 0.1) is 0 Å². The van der Waals surface area contributed by atoms with E-state index >= 15 is 0 Å². The summed E-state index contributed by atoms with van der Waals surface area (Å²) in [5, 5.41) is 0. The first-order valence-electron chi connectivity index (χ1n) is 6.55. The third-order valence-corrected chi connectivity index (χ3v) is 3.11. The summed E-state index contributed by atoms with van der Waals surface area (Å²) < 4.78 is 92.5. The highest BCUT2D eigenvalue weighted by atomic mass is 19.4. The van der Waals surface area contributed by atoms with E-state index in [2.05, 4.69) is 4.74 Å². The molecule has 1 unspecified atom stereocenters. The number of hydrogen-bond acceptors (Lipinski definition) is 4. The van der Waals surface area contributed by atoms with Gasteiger partial charge in [0.1, 0.15) is 0 Å². The number of carbonyl (C=O) groups is 1. The highest BCUT2D eigenvalue weighted by molar-refractivity contribution is 5.79. The number of unbranched alkanes of at least 4 members (excludes halogenated alkanes) is 1. The van der Waals surface area contributed by atoms with Crippen molar-refractivity contribution in [2.45, 2.75) is 44.1 Å². The van der Waals surface area contributed by atoms with E-state index < -0.39 is 30.3 Å². The number of rotatable bonds is 6. The molecule has 1 atom stereocenters. The summed E-state index contributed by atoms with van der Waals surface area (Å²) in [6.07, 6.45) is -4.15. The molecule has 0 aliphatic carbocycles. The average Bonchev–Trinajstić information content (AvgIpc) is 2.76. The summed E-state index contributed by atoms with van der Waals surface area (Å²) in [6.45, 7) is 2.07. The second kappa shape index (κ2) is 6.44. The Balaban J connectivity index is 2.89. The van der Waals surface area contributed by atoms with Gasteiger partial charge in [0.2, 0.25) is 0 Å². The van der Waals surface area contributed by atoms with Crippen molar-refractivity contribution in [3.8, 4) is 0 Å².